The Bertz CT molecular complexity index is 611. The molecule has 1 aliphatic heterocycles. The zero-order chi connectivity index (χ0) is 13.4. The zero-order valence-electron chi connectivity index (χ0n) is 10.6. The Kier molecular flexibility index (Phi) is 3.15. The van der Waals surface area contributed by atoms with Gasteiger partial charge in [-0.05, 0) is 17.2 Å². The van der Waals surface area contributed by atoms with Crippen molar-refractivity contribution >= 4 is 21.8 Å². The fourth-order valence-corrected chi connectivity index (χ4v) is 3.26. The molecule has 1 heterocycles. The van der Waals surface area contributed by atoms with Gasteiger partial charge in [0.15, 0.2) is 0 Å². The van der Waals surface area contributed by atoms with E-state index in [2.05, 4.69) is 28.1 Å². The van der Waals surface area contributed by atoms with E-state index in [9.17, 15) is 4.79 Å². The standard InChI is InChI=1S/C16H14BrNO/c1-18-15(11-7-3-2-4-8-11)14(16(18)19)12-9-5-6-10-13(12)17/h2-10,14-15H,1H3/t14-,15-/m0/s1. The van der Waals surface area contributed by atoms with Gasteiger partial charge in [0, 0.05) is 11.5 Å². The second kappa shape index (κ2) is 4.82. The second-order valence-electron chi connectivity index (χ2n) is 4.80. The van der Waals surface area contributed by atoms with Crippen LogP contribution in [-0.4, -0.2) is 17.9 Å². The number of halogens is 1. The van der Waals surface area contributed by atoms with Crippen LogP contribution in [0.3, 0.4) is 0 Å². The van der Waals surface area contributed by atoms with Crippen molar-refractivity contribution in [3.8, 4) is 0 Å². The minimum absolute atomic E-state index is 0.0806. The van der Waals surface area contributed by atoms with Crippen molar-refractivity contribution in [3.63, 3.8) is 0 Å². The average Bonchev–Trinajstić information content (AvgIpc) is 2.46. The molecule has 19 heavy (non-hydrogen) atoms. The van der Waals surface area contributed by atoms with Crippen molar-refractivity contribution in [3.05, 3.63) is 70.2 Å². The van der Waals surface area contributed by atoms with Gasteiger partial charge in [0.2, 0.25) is 5.91 Å². The van der Waals surface area contributed by atoms with Crippen LogP contribution in [-0.2, 0) is 4.79 Å². The van der Waals surface area contributed by atoms with Crippen molar-refractivity contribution in [1.82, 2.24) is 4.90 Å². The normalized spacial score (nSPS) is 22.2. The van der Waals surface area contributed by atoms with Crippen molar-refractivity contribution in [2.75, 3.05) is 7.05 Å². The first kappa shape index (κ1) is 12.4. The summed E-state index contributed by atoms with van der Waals surface area (Å²) in [6.07, 6.45) is 0. The van der Waals surface area contributed by atoms with Crippen LogP contribution in [0, 0.1) is 0 Å². The molecule has 0 aromatic heterocycles. The van der Waals surface area contributed by atoms with Crippen LogP contribution in [0.2, 0.25) is 0 Å². The minimum atomic E-state index is -0.0806. The maximum absolute atomic E-state index is 12.2. The molecule has 0 aliphatic carbocycles. The number of amides is 1. The number of β-lactam (4-membered cyclic amide) rings is 1. The number of hydrogen-bond donors (Lipinski definition) is 0. The number of benzene rings is 2. The fraction of sp³-hybridized carbons (Fsp3) is 0.188. The lowest BCUT2D eigenvalue weighted by molar-refractivity contribution is -0.147. The van der Waals surface area contributed by atoms with Gasteiger partial charge >= 0.3 is 0 Å². The molecule has 0 unspecified atom stereocenters. The number of likely N-dealkylation sites (tertiary alicyclic amines) is 1. The highest BCUT2D eigenvalue weighted by Crippen LogP contribution is 2.46. The summed E-state index contributed by atoms with van der Waals surface area (Å²) in [7, 11) is 1.87. The molecule has 0 bridgehead atoms. The van der Waals surface area contributed by atoms with Gasteiger partial charge in [-0.1, -0.05) is 64.5 Å². The van der Waals surface area contributed by atoms with Crippen molar-refractivity contribution < 1.29 is 4.79 Å². The smallest absolute Gasteiger partial charge is 0.232 e. The largest absolute Gasteiger partial charge is 0.337 e. The van der Waals surface area contributed by atoms with E-state index in [-0.39, 0.29) is 17.9 Å². The molecule has 2 nitrogen and oxygen atoms in total. The van der Waals surface area contributed by atoms with E-state index in [0.29, 0.717) is 0 Å². The van der Waals surface area contributed by atoms with Crippen LogP contribution in [0.1, 0.15) is 23.1 Å². The predicted octanol–water partition coefficient (Wildman–Crippen LogP) is 3.75. The first-order chi connectivity index (χ1) is 9.20. The lowest BCUT2D eigenvalue weighted by Gasteiger charge is -2.45. The predicted molar refractivity (Wildman–Crippen MR) is 78.8 cm³/mol. The first-order valence-electron chi connectivity index (χ1n) is 6.26. The van der Waals surface area contributed by atoms with Crippen LogP contribution < -0.4 is 0 Å². The van der Waals surface area contributed by atoms with Gasteiger partial charge in [-0.25, -0.2) is 0 Å². The van der Waals surface area contributed by atoms with Crippen LogP contribution in [0.5, 0.6) is 0 Å². The molecule has 1 amide bonds. The van der Waals surface area contributed by atoms with Crippen molar-refractivity contribution in [2.45, 2.75) is 12.0 Å². The Morgan fingerprint density at radius 3 is 2.32 bits per heavy atom. The van der Waals surface area contributed by atoms with Crippen LogP contribution in [0.4, 0.5) is 0 Å². The summed E-state index contributed by atoms with van der Waals surface area (Å²) >= 11 is 3.55. The molecule has 0 saturated carbocycles. The fourth-order valence-electron chi connectivity index (χ4n) is 2.73. The van der Waals surface area contributed by atoms with Crippen molar-refractivity contribution in [2.24, 2.45) is 0 Å². The first-order valence-corrected chi connectivity index (χ1v) is 7.05. The van der Waals surface area contributed by atoms with Crippen LogP contribution in [0.25, 0.3) is 0 Å². The highest BCUT2D eigenvalue weighted by molar-refractivity contribution is 9.10. The molecule has 1 saturated heterocycles. The second-order valence-corrected chi connectivity index (χ2v) is 5.66. The van der Waals surface area contributed by atoms with Gasteiger partial charge in [-0.15, -0.1) is 0 Å². The maximum atomic E-state index is 12.2. The maximum Gasteiger partial charge on any atom is 0.232 e. The third kappa shape index (κ3) is 1.98. The molecule has 1 fully saturated rings. The topological polar surface area (TPSA) is 20.3 Å². The van der Waals surface area contributed by atoms with Gasteiger partial charge in [0.1, 0.15) is 0 Å². The van der Waals surface area contributed by atoms with Gasteiger partial charge in [-0.2, -0.15) is 0 Å². The van der Waals surface area contributed by atoms with E-state index in [4.69, 9.17) is 0 Å². The van der Waals surface area contributed by atoms with E-state index in [1.54, 1.807) is 0 Å². The van der Waals surface area contributed by atoms with E-state index in [0.717, 1.165) is 10.0 Å². The molecule has 0 N–H and O–H groups in total. The number of rotatable bonds is 2. The molecular weight excluding hydrogens is 302 g/mol. The quantitative estimate of drug-likeness (QED) is 0.773. The molecule has 3 rings (SSSR count). The highest BCUT2D eigenvalue weighted by atomic mass is 79.9. The van der Waals surface area contributed by atoms with Crippen molar-refractivity contribution in [1.29, 1.82) is 0 Å². The lowest BCUT2D eigenvalue weighted by Crippen LogP contribution is -2.50. The molecular formula is C16H14BrNO. The number of carbonyl (C=O) groups excluding carboxylic acids is 1. The average molecular weight is 316 g/mol. The Labute approximate surface area is 121 Å². The summed E-state index contributed by atoms with van der Waals surface area (Å²) in [6, 6.07) is 18.3. The molecule has 2 atom stereocenters. The highest BCUT2D eigenvalue weighted by Gasteiger charge is 2.47. The van der Waals surface area contributed by atoms with Crippen LogP contribution in [0.15, 0.2) is 59.1 Å². The van der Waals surface area contributed by atoms with Gasteiger partial charge in [0.25, 0.3) is 0 Å². The number of carbonyl (C=O) groups is 1. The zero-order valence-corrected chi connectivity index (χ0v) is 12.2. The molecule has 0 spiro atoms. The number of nitrogens with zero attached hydrogens (tertiary/aromatic N) is 1. The molecule has 3 heteroatoms. The Morgan fingerprint density at radius 1 is 1.00 bits per heavy atom. The summed E-state index contributed by atoms with van der Waals surface area (Å²) in [5.74, 6) is 0.101. The molecule has 1 aliphatic rings. The van der Waals surface area contributed by atoms with Gasteiger partial charge in [-0.3, -0.25) is 4.79 Å². The van der Waals surface area contributed by atoms with E-state index in [1.165, 1.54) is 5.56 Å². The number of hydrogen-bond acceptors (Lipinski definition) is 1. The van der Waals surface area contributed by atoms with E-state index >= 15 is 0 Å². The van der Waals surface area contributed by atoms with E-state index in [1.807, 2.05) is 54.4 Å². The SMILES string of the molecule is CN1C(=O)[C@@H](c2ccccc2Br)[C@@H]1c1ccccc1. The third-order valence-electron chi connectivity index (χ3n) is 3.73. The van der Waals surface area contributed by atoms with Crippen LogP contribution >= 0.6 is 15.9 Å². The van der Waals surface area contributed by atoms with Gasteiger partial charge < -0.3 is 4.90 Å². The summed E-state index contributed by atoms with van der Waals surface area (Å²) in [4.78, 5) is 14.0. The molecule has 2 aromatic rings. The molecule has 0 radical (unpaired) electrons. The lowest BCUT2D eigenvalue weighted by atomic mass is 9.78. The molecule has 96 valence electrons. The van der Waals surface area contributed by atoms with Gasteiger partial charge in [0.05, 0.1) is 12.0 Å². The Balaban J connectivity index is 2.01. The summed E-state index contributed by atoms with van der Waals surface area (Å²) in [5.41, 5.74) is 2.25. The Hall–Kier alpha value is -1.61. The monoisotopic (exact) mass is 315 g/mol. The summed E-state index contributed by atoms with van der Waals surface area (Å²) < 4.78 is 1.00. The van der Waals surface area contributed by atoms with E-state index < -0.39 is 0 Å². The third-order valence-corrected chi connectivity index (χ3v) is 4.45. The summed E-state index contributed by atoms with van der Waals surface area (Å²) in [5, 5.41) is 0. The molecule has 2 aromatic carbocycles. The number of likely N-dealkylation sites (N-methyl/N-ethyl adjacent to an activating group) is 1. The Morgan fingerprint density at radius 2 is 1.63 bits per heavy atom. The minimum Gasteiger partial charge on any atom is -0.337 e. The summed E-state index contributed by atoms with van der Waals surface area (Å²) in [6.45, 7) is 0.